The van der Waals surface area contributed by atoms with Crippen molar-refractivity contribution in [3.8, 4) is 45.3 Å². The first-order valence-electron chi connectivity index (χ1n) is 17.7. The quantitative estimate of drug-likeness (QED) is 0.182. The van der Waals surface area contributed by atoms with Gasteiger partial charge in [-0.15, -0.1) is 0 Å². The standard InChI is InChI=1S/C47H29N5O/c1-4-14-41-36(9-1)39-29-32(35-11-7-12-38-37-10-2-6-16-44(37)53-45(35)38)21-26-42(39)51(41)33-22-24-34(25-23-33)52-43-15-5-3-13-40(43)50-47(52)31-19-17-30(18-20-31)46-48-27-8-28-49-46/h1-29H. The minimum absolute atomic E-state index is 0.702. The Kier molecular flexibility index (Phi) is 6.45. The van der Waals surface area contributed by atoms with Gasteiger partial charge in [0.2, 0.25) is 0 Å². The van der Waals surface area contributed by atoms with Crippen molar-refractivity contribution in [3.05, 3.63) is 176 Å². The third-order valence-electron chi connectivity index (χ3n) is 10.3. The highest BCUT2D eigenvalue weighted by Crippen LogP contribution is 2.39. The molecule has 6 nitrogen and oxygen atoms in total. The van der Waals surface area contributed by atoms with Crippen LogP contribution in [0.3, 0.4) is 0 Å². The van der Waals surface area contributed by atoms with Gasteiger partial charge >= 0.3 is 0 Å². The van der Waals surface area contributed by atoms with Crippen molar-refractivity contribution in [1.82, 2.24) is 24.1 Å². The van der Waals surface area contributed by atoms with Crippen LogP contribution in [-0.2, 0) is 0 Å². The minimum Gasteiger partial charge on any atom is -0.455 e. The molecule has 7 aromatic carbocycles. The van der Waals surface area contributed by atoms with Gasteiger partial charge in [0.15, 0.2) is 5.82 Å². The Labute approximate surface area is 303 Å². The van der Waals surface area contributed by atoms with E-state index >= 15 is 0 Å². The van der Waals surface area contributed by atoms with E-state index in [-0.39, 0.29) is 0 Å². The van der Waals surface area contributed by atoms with Gasteiger partial charge in [0.25, 0.3) is 0 Å². The number of para-hydroxylation sites is 5. The Morgan fingerprint density at radius 2 is 1.08 bits per heavy atom. The smallest absolute Gasteiger partial charge is 0.159 e. The molecular weight excluding hydrogens is 651 g/mol. The Morgan fingerprint density at radius 3 is 1.91 bits per heavy atom. The van der Waals surface area contributed by atoms with E-state index in [9.17, 15) is 0 Å². The molecule has 0 aliphatic rings. The van der Waals surface area contributed by atoms with Crippen molar-refractivity contribution in [2.24, 2.45) is 0 Å². The second-order valence-electron chi connectivity index (χ2n) is 13.3. The summed E-state index contributed by atoms with van der Waals surface area (Å²) in [5, 5.41) is 4.67. The molecule has 0 saturated carbocycles. The molecule has 248 valence electrons. The van der Waals surface area contributed by atoms with Gasteiger partial charge in [0.1, 0.15) is 17.0 Å². The molecule has 0 saturated heterocycles. The van der Waals surface area contributed by atoms with Crippen LogP contribution >= 0.6 is 0 Å². The van der Waals surface area contributed by atoms with Crippen molar-refractivity contribution >= 4 is 54.8 Å². The summed E-state index contributed by atoms with van der Waals surface area (Å²) in [5.74, 6) is 1.58. The monoisotopic (exact) mass is 679 g/mol. The first kappa shape index (κ1) is 29.4. The summed E-state index contributed by atoms with van der Waals surface area (Å²) in [6.45, 7) is 0. The molecule has 4 aromatic heterocycles. The zero-order chi connectivity index (χ0) is 34.9. The molecule has 0 aliphatic carbocycles. The summed E-state index contributed by atoms with van der Waals surface area (Å²) in [5.41, 5.74) is 12.4. The third-order valence-corrected chi connectivity index (χ3v) is 10.3. The summed E-state index contributed by atoms with van der Waals surface area (Å²) >= 11 is 0. The van der Waals surface area contributed by atoms with Gasteiger partial charge < -0.3 is 8.98 Å². The molecule has 0 spiro atoms. The van der Waals surface area contributed by atoms with Crippen LogP contribution in [0.15, 0.2) is 181 Å². The number of hydrogen-bond acceptors (Lipinski definition) is 4. The maximum absolute atomic E-state index is 6.42. The maximum Gasteiger partial charge on any atom is 0.159 e. The third kappa shape index (κ3) is 4.63. The molecule has 4 heterocycles. The number of furan rings is 1. The first-order chi connectivity index (χ1) is 26.3. The van der Waals surface area contributed by atoms with Gasteiger partial charge in [-0.2, -0.15) is 0 Å². The molecule has 11 aromatic rings. The minimum atomic E-state index is 0.702. The number of benzene rings is 7. The van der Waals surface area contributed by atoms with Gasteiger partial charge in [-0.1, -0.05) is 97.1 Å². The molecule has 11 rings (SSSR count). The number of nitrogens with zero attached hydrogens (tertiary/aromatic N) is 5. The topological polar surface area (TPSA) is 61.7 Å². The fourth-order valence-corrected chi connectivity index (χ4v) is 7.84. The SMILES string of the molecule is c1cnc(-c2ccc(-c3nc4ccccc4n3-c3ccc(-n4c5ccccc5c5cc(-c6cccc7c6oc6ccccc67)ccc54)cc3)cc2)nc1. The first-order valence-corrected chi connectivity index (χ1v) is 17.7. The molecular formula is C47H29N5O. The van der Waals surface area contributed by atoms with Gasteiger partial charge in [-0.25, -0.2) is 15.0 Å². The summed E-state index contributed by atoms with van der Waals surface area (Å²) < 4.78 is 11.0. The van der Waals surface area contributed by atoms with Crippen LogP contribution in [0, 0.1) is 0 Å². The summed E-state index contributed by atoms with van der Waals surface area (Å²) in [6.07, 6.45) is 3.53. The van der Waals surface area contributed by atoms with Crippen molar-refractivity contribution in [2.75, 3.05) is 0 Å². The van der Waals surface area contributed by atoms with Gasteiger partial charge in [-0.3, -0.25) is 4.57 Å². The predicted octanol–water partition coefficient (Wildman–Crippen LogP) is 11.8. The summed E-state index contributed by atoms with van der Waals surface area (Å²) in [6, 6.07) is 57.3. The Balaban J connectivity index is 1.02. The van der Waals surface area contributed by atoms with Crippen molar-refractivity contribution in [1.29, 1.82) is 0 Å². The van der Waals surface area contributed by atoms with E-state index in [0.717, 1.165) is 83.5 Å². The van der Waals surface area contributed by atoms with E-state index in [0.29, 0.717) is 5.82 Å². The zero-order valence-corrected chi connectivity index (χ0v) is 28.4. The van der Waals surface area contributed by atoms with Crippen LogP contribution < -0.4 is 0 Å². The molecule has 0 fully saturated rings. The summed E-state index contributed by atoms with van der Waals surface area (Å²) in [7, 11) is 0. The average Bonchev–Trinajstić information content (AvgIpc) is 3.91. The molecule has 0 atom stereocenters. The molecule has 6 heteroatoms. The summed E-state index contributed by atoms with van der Waals surface area (Å²) in [4.78, 5) is 13.9. The lowest BCUT2D eigenvalue weighted by molar-refractivity contribution is 0.670. The van der Waals surface area contributed by atoms with E-state index in [1.165, 1.54) is 10.8 Å². The Morgan fingerprint density at radius 1 is 0.434 bits per heavy atom. The molecule has 0 bridgehead atoms. The van der Waals surface area contributed by atoms with Crippen LogP contribution in [0.4, 0.5) is 0 Å². The molecule has 0 N–H and O–H groups in total. The Bertz CT molecular complexity index is 3150. The van der Waals surface area contributed by atoms with Crippen LogP contribution in [0.2, 0.25) is 0 Å². The largest absolute Gasteiger partial charge is 0.455 e. The number of hydrogen-bond donors (Lipinski definition) is 0. The highest BCUT2D eigenvalue weighted by atomic mass is 16.3. The molecule has 0 unspecified atom stereocenters. The molecule has 0 radical (unpaired) electrons. The molecule has 53 heavy (non-hydrogen) atoms. The highest BCUT2D eigenvalue weighted by Gasteiger charge is 2.18. The molecule has 0 aliphatic heterocycles. The fourth-order valence-electron chi connectivity index (χ4n) is 7.84. The lowest BCUT2D eigenvalue weighted by atomic mass is 10.0. The molecule has 0 amide bonds. The highest BCUT2D eigenvalue weighted by molar-refractivity contribution is 6.13. The van der Waals surface area contributed by atoms with E-state index in [4.69, 9.17) is 9.40 Å². The van der Waals surface area contributed by atoms with Crippen molar-refractivity contribution < 1.29 is 4.42 Å². The number of rotatable bonds is 5. The maximum atomic E-state index is 6.42. The zero-order valence-electron chi connectivity index (χ0n) is 28.4. The van der Waals surface area contributed by atoms with E-state index in [2.05, 4.69) is 159 Å². The van der Waals surface area contributed by atoms with Crippen molar-refractivity contribution in [3.63, 3.8) is 0 Å². The van der Waals surface area contributed by atoms with Crippen LogP contribution in [-0.4, -0.2) is 24.1 Å². The van der Waals surface area contributed by atoms with Gasteiger partial charge in [0.05, 0.1) is 22.1 Å². The average molecular weight is 680 g/mol. The lowest BCUT2D eigenvalue weighted by Crippen LogP contribution is -1.99. The van der Waals surface area contributed by atoms with Crippen LogP contribution in [0.1, 0.15) is 0 Å². The van der Waals surface area contributed by atoms with E-state index in [1.54, 1.807) is 12.4 Å². The second-order valence-corrected chi connectivity index (χ2v) is 13.3. The predicted molar refractivity (Wildman–Crippen MR) is 215 cm³/mol. The lowest BCUT2D eigenvalue weighted by Gasteiger charge is -2.13. The van der Waals surface area contributed by atoms with E-state index < -0.39 is 0 Å². The number of fused-ring (bicyclic) bond motifs is 7. The number of imidazole rings is 1. The normalized spacial score (nSPS) is 11.8. The van der Waals surface area contributed by atoms with Crippen LogP contribution in [0.25, 0.3) is 100 Å². The number of aromatic nitrogens is 5. The van der Waals surface area contributed by atoms with Gasteiger partial charge in [0, 0.05) is 62.0 Å². The second kappa shape index (κ2) is 11.6. The van der Waals surface area contributed by atoms with Crippen LogP contribution in [0.5, 0.6) is 0 Å². The fraction of sp³-hybridized carbons (Fsp3) is 0. The van der Waals surface area contributed by atoms with Gasteiger partial charge in [-0.05, 0) is 72.3 Å². The van der Waals surface area contributed by atoms with E-state index in [1.807, 2.05) is 24.3 Å². The Hall–Kier alpha value is -7.31. The van der Waals surface area contributed by atoms with Crippen molar-refractivity contribution in [2.45, 2.75) is 0 Å².